The van der Waals surface area contributed by atoms with Crippen LogP contribution in [0, 0.1) is 11.8 Å². The molecule has 0 aromatic rings. The summed E-state index contributed by atoms with van der Waals surface area (Å²) in [6.07, 6.45) is 6.46. The van der Waals surface area contributed by atoms with Gasteiger partial charge >= 0.3 is 0 Å². The Morgan fingerprint density at radius 3 is 3.00 bits per heavy atom. The van der Waals surface area contributed by atoms with E-state index in [4.69, 9.17) is 0 Å². The van der Waals surface area contributed by atoms with E-state index in [0.717, 1.165) is 17.9 Å². The lowest BCUT2D eigenvalue weighted by Gasteiger charge is -2.32. The molecule has 1 heterocycles. The van der Waals surface area contributed by atoms with E-state index in [1.54, 1.807) is 5.57 Å². The highest BCUT2D eigenvalue weighted by Gasteiger charge is 2.33. The molecular formula is C10H17N. The van der Waals surface area contributed by atoms with E-state index in [1.807, 2.05) is 0 Å². The number of hydrogen-bond donors (Lipinski definition) is 1. The van der Waals surface area contributed by atoms with E-state index in [0.29, 0.717) is 0 Å². The molecule has 62 valence electrons. The predicted octanol–water partition coefficient (Wildman–Crippen LogP) is 2.30. The van der Waals surface area contributed by atoms with Gasteiger partial charge in [-0.15, -0.1) is 0 Å². The number of nitrogens with one attached hydrogen (secondary N) is 1. The van der Waals surface area contributed by atoms with Crippen LogP contribution in [0.3, 0.4) is 0 Å². The average molecular weight is 151 g/mol. The van der Waals surface area contributed by atoms with E-state index in [1.165, 1.54) is 19.3 Å². The molecular weight excluding hydrogens is 134 g/mol. The molecule has 0 saturated heterocycles. The van der Waals surface area contributed by atoms with Crippen LogP contribution >= 0.6 is 0 Å². The Bertz CT molecular complexity index is 183. The molecule has 1 nitrogen and oxygen atoms in total. The van der Waals surface area contributed by atoms with Crippen LogP contribution in [-0.4, -0.2) is 6.04 Å². The van der Waals surface area contributed by atoms with Gasteiger partial charge in [0.1, 0.15) is 0 Å². The van der Waals surface area contributed by atoms with Crippen LogP contribution in [0.4, 0.5) is 0 Å². The average Bonchev–Trinajstić information content (AvgIpc) is 2.35. The molecule has 1 fully saturated rings. The summed E-state index contributed by atoms with van der Waals surface area (Å²) >= 11 is 0. The third-order valence-electron chi connectivity index (χ3n) is 3.31. The van der Waals surface area contributed by atoms with Crippen LogP contribution in [0.1, 0.15) is 33.1 Å². The van der Waals surface area contributed by atoms with Crippen LogP contribution in [0.15, 0.2) is 11.8 Å². The molecule has 3 unspecified atom stereocenters. The smallest absolute Gasteiger partial charge is 0.0347 e. The van der Waals surface area contributed by atoms with Crippen molar-refractivity contribution in [1.29, 1.82) is 0 Å². The van der Waals surface area contributed by atoms with Crippen molar-refractivity contribution in [2.45, 2.75) is 39.2 Å². The number of rotatable bonds is 0. The van der Waals surface area contributed by atoms with Crippen molar-refractivity contribution in [1.82, 2.24) is 5.32 Å². The molecule has 1 aliphatic carbocycles. The standard InChI is InChI=1S/C10H17N/c1-7-4-3-5-9-8(2)6-11-10(7)9/h6-7,9-11H,3-5H2,1-2H3. The van der Waals surface area contributed by atoms with Gasteiger partial charge in [0.2, 0.25) is 0 Å². The first-order valence-corrected chi connectivity index (χ1v) is 4.72. The first-order valence-electron chi connectivity index (χ1n) is 4.72. The van der Waals surface area contributed by atoms with Crippen LogP contribution in [0.5, 0.6) is 0 Å². The normalized spacial score (nSPS) is 42.7. The fraction of sp³-hybridized carbons (Fsp3) is 0.800. The topological polar surface area (TPSA) is 12.0 Å². The van der Waals surface area contributed by atoms with Gasteiger partial charge in [-0.25, -0.2) is 0 Å². The van der Waals surface area contributed by atoms with Crippen LogP contribution in [-0.2, 0) is 0 Å². The maximum atomic E-state index is 3.50. The monoisotopic (exact) mass is 151 g/mol. The number of fused-ring (bicyclic) bond motifs is 1. The summed E-state index contributed by atoms with van der Waals surface area (Å²) < 4.78 is 0. The van der Waals surface area contributed by atoms with Gasteiger partial charge in [0.15, 0.2) is 0 Å². The second-order valence-corrected chi connectivity index (χ2v) is 4.10. The highest BCUT2D eigenvalue weighted by atomic mass is 14.9. The van der Waals surface area contributed by atoms with Crippen molar-refractivity contribution in [3.05, 3.63) is 11.8 Å². The summed E-state index contributed by atoms with van der Waals surface area (Å²) in [6.45, 7) is 4.63. The molecule has 2 rings (SSSR count). The lowest BCUT2D eigenvalue weighted by Crippen LogP contribution is -2.37. The summed E-state index contributed by atoms with van der Waals surface area (Å²) in [6, 6.07) is 0.767. The van der Waals surface area contributed by atoms with E-state index in [-0.39, 0.29) is 0 Å². The fourth-order valence-electron chi connectivity index (χ4n) is 2.54. The Balaban J connectivity index is 2.12. The minimum absolute atomic E-state index is 0.767. The maximum absolute atomic E-state index is 3.50. The van der Waals surface area contributed by atoms with Crippen molar-refractivity contribution in [2.24, 2.45) is 11.8 Å². The Hall–Kier alpha value is -0.460. The second-order valence-electron chi connectivity index (χ2n) is 4.10. The maximum Gasteiger partial charge on any atom is 0.0347 e. The molecule has 1 aliphatic heterocycles. The van der Waals surface area contributed by atoms with Gasteiger partial charge in [0.05, 0.1) is 0 Å². The molecule has 1 heteroatoms. The molecule has 0 bridgehead atoms. The zero-order valence-electron chi connectivity index (χ0n) is 7.43. The van der Waals surface area contributed by atoms with E-state index < -0.39 is 0 Å². The van der Waals surface area contributed by atoms with E-state index >= 15 is 0 Å². The highest BCUT2D eigenvalue weighted by Crippen LogP contribution is 2.36. The van der Waals surface area contributed by atoms with Gasteiger partial charge in [0.25, 0.3) is 0 Å². The minimum atomic E-state index is 0.767. The molecule has 0 amide bonds. The summed E-state index contributed by atoms with van der Waals surface area (Å²) in [5.74, 6) is 1.74. The Labute approximate surface area is 68.9 Å². The van der Waals surface area contributed by atoms with Crippen LogP contribution in [0.2, 0.25) is 0 Å². The van der Waals surface area contributed by atoms with Crippen molar-refractivity contribution in [3.8, 4) is 0 Å². The first kappa shape index (κ1) is 7.20. The van der Waals surface area contributed by atoms with E-state index in [9.17, 15) is 0 Å². The molecule has 1 saturated carbocycles. The lowest BCUT2D eigenvalue weighted by atomic mass is 9.77. The third kappa shape index (κ3) is 1.07. The minimum Gasteiger partial charge on any atom is -0.387 e. The van der Waals surface area contributed by atoms with Gasteiger partial charge in [-0.2, -0.15) is 0 Å². The lowest BCUT2D eigenvalue weighted by molar-refractivity contribution is 0.256. The van der Waals surface area contributed by atoms with Crippen molar-refractivity contribution < 1.29 is 0 Å². The summed E-state index contributed by atoms with van der Waals surface area (Å²) in [4.78, 5) is 0. The zero-order valence-corrected chi connectivity index (χ0v) is 7.43. The van der Waals surface area contributed by atoms with Gasteiger partial charge in [-0.1, -0.05) is 18.9 Å². The second kappa shape index (κ2) is 2.54. The molecule has 0 aromatic heterocycles. The number of hydrogen-bond acceptors (Lipinski definition) is 1. The quantitative estimate of drug-likeness (QED) is 0.560. The first-order chi connectivity index (χ1) is 5.29. The third-order valence-corrected chi connectivity index (χ3v) is 3.31. The van der Waals surface area contributed by atoms with Gasteiger partial charge in [-0.3, -0.25) is 0 Å². The van der Waals surface area contributed by atoms with Crippen molar-refractivity contribution >= 4 is 0 Å². The summed E-state index contributed by atoms with van der Waals surface area (Å²) in [5.41, 5.74) is 1.57. The Morgan fingerprint density at radius 1 is 1.45 bits per heavy atom. The summed E-state index contributed by atoms with van der Waals surface area (Å²) in [5, 5.41) is 3.50. The zero-order chi connectivity index (χ0) is 7.84. The molecule has 0 spiro atoms. The van der Waals surface area contributed by atoms with Gasteiger partial charge in [0, 0.05) is 12.0 Å². The molecule has 1 N–H and O–H groups in total. The summed E-state index contributed by atoms with van der Waals surface area (Å²) in [7, 11) is 0. The van der Waals surface area contributed by atoms with Gasteiger partial charge in [-0.05, 0) is 31.9 Å². The Kier molecular flexibility index (Phi) is 1.67. The highest BCUT2D eigenvalue weighted by molar-refractivity contribution is 5.15. The molecule has 11 heavy (non-hydrogen) atoms. The van der Waals surface area contributed by atoms with E-state index in [2.05, 4.69) is 25.4 Å². The van der Waals surface area contributed by atoms with Crippen LogP contribution in [0.25, 0.3) is 0 Å². The van der Waals surface area contributed by atoms with Crippen LogP contribution < -0.4 is 5.32 Å². The molecule has 0 aromatic carbocycles. The SMILES string of the molecule is CC1=CNC2C(C)CCCC12. The van der Waals surface area contributed by atoms with Gasteiger partial charge < -0.3 is 5.32 Å². The molecule has 3 atom stereocenters. The van der Waals surface area contributed by atoms with Crippen molar-refractivity contribution in [3.63, 3.8) is 0 Å². The predicted molar refractivity (Wildman–Crippen MR) is 47.2 cm³/mol. The Morgan fingerprint density at radius 2 is 2.27 bits per heavy atom. The van der Waals surface area contributed by atoms with Crippen molar-refractivity contribution in [2.75, 3.05) is 0 Å². The largest absolute Gasteiger partial charge is 0.387 e. The molecule has 0 radical (unpaired) electrons. The molecule has 2 aliphatic rings. The fourth-order valence-corrected chi connectivity index (χ4v) is 2.54.